The van der Waals surface area contributed by atoms with Gasteiger partial charge in [0.1, 0.15) is 4.21 Å². The van der Waals surface area contributed by atoms with Gasteiger partial charge in [-0.3, -0.25) is 4.72 Å². The lowest BCUT2D eigenvalue weighted by molar-refractivity contribution is 0.603. The minimum atomic E-state index is -3.50. The first-order valence-electron chi connectivity index (χ1n) is 5.24. The molecule has 96 valence electrons. The molecule has 3 nitrogen and oxygen atoms in total. The molecule has 1 N–H and O–H groups in total. The maximum Gasteiger partial charge on any atom is 0.271 e. The lowest BCUT2D eigenvalue weighted by Crippen LogP contribution is -2.13. The van der Waals surface area contributed by atoms with E-state index in [1.807, 2.05) is 32.0 Å². The first-order chi connectivity index (χ1) is 8.40. The van der Waals surface area contributed by atoms with E-state index in [2.05, 4.69) is 20.7 Å². The van der Waals surface area contributed by atoms with Gasteiger partial charge in [-0.2, -0.15) is 0 Å². The SMILES string of the molecule is Cc1cccc(C)c1NS(=O)(=O)c1ccc(Br)s1. The Hall–Kier alpha value is -0.850. The monoisotopic (exact) mass is 345 g/mol. The smallest absolute Gasteiger partial charge is 0.271 e. The average molecular weight is 346 g/mol. The highest BCUT2D eigenvalue weighted by Gasteiger charge is 2.18. The molecular formula is C12H12BrNO2S2. The number of sulfonamides is 1. The van der Waals surface area contributed by atoms with Gasteiger partial charge in [-0.05, 0) is 53.0 Å². The minimum Gasteiger partial charge on any atom is -0.278 e. The predicted octanol–water partition coefficient (Wildman–Crippen LogP) is 3.93. The molecule has 0 fully saturated rings. The number of rotatable bonds is 3. The van der Waals surface area contributed by atoms with Crippen molar-refractivity contribution in [2.75, 3.05) is 4.72 Å². The van der Waals surface area contributed by atoms with Crippen LogP contribution < -0.4 is 4.72 Å². The van der Waals surface area contributed by atoms with Crippen LogP contribution in [0.1, 0.15) is 11.1 Å². The van der Waals surface area contributed by atoms with Crippen molar-refractivity contribution in [3.05, 3.63) is 45.2 Å². The zero-order valence-corrected chi connectivity index (χ0v) is 13.1. The summed E-state index contributed by atoms with van der Waals surface area (Å²) in [6.07, 6.45) is 0. The van der Waals surface area contributed by atoms with Crippen molar-refractivity contribution >= 4 is 43.0 Å². The van der Waals surface area contributed by atoms with Gasteiger partial charge in [-0.15, -0.1) is 11.3 Å². The van der Waals surface area contributed by atoms with Crippen LogP contribution in [0.15, 0.2) is 38.3 Å². The van der Waals surface area contributed by atoms with Gasteiger partial charge in [0.15, 0.2) is 0 Å². The zero-order valence-electron chi connectivity index (χ0n) is 9.90. The number of aryl methyl sites for hydroxylation is 2. The molecule has 0 aliphatic heterocycles. The molecule has 0 bridgehead atoms. The Morgan fingerprint density at radius 3 is 2.22 bits per heavy atom. The lowest BCUT2D eigenvalue weighted by atomic mass is 10.1. The standard InChI is InChI=1S/C12H12BrNO2S2/c1-8-4-3-5-9(2)12(8)14-18(15,16)11-7-6-10(13)17-11/h3-7,14H,1-2H3. The molecule has 2 aromatic rings. The number of hydrogen-bond donors (Lipinski definition) is 1. The van der Waals surface area contributed by atoms with Gasteiger partial charge in [-0.1, -0.05) is 18.2 Å². The fourth-order valence-corrected chi connectivity index (χ4v) is 4.82. The third kappa shape index (κ3) is 2.76. The van der Waals surface area contributed by atoms with Crippen LogP contribution in [0.5, 0.6) is 0 Å². The summed E-state index contributed by atoms with van der Waals surface area (Å²) in [5, 5.41) is 0. The molecule has 0 radical (unpaired) electrons. The Labute approximate surface area is 119 Å². The van der Waals surface area contributed by atoms with Gasteiger partial charge in [-0.25, -0.2) is 8.42 Å². The van der Waals surface area contributed by atoms with Crippen molar-refractivity contribution in [3.63, 3.8) is 0 Å². The maximum absolute atomic E-state index is 12.2. The van der Waals surface area contributed by atoms with E-state index >= 15 is 0 Å². The van der Waals surface area contributed by atoms with E-state index < -0.39 is 10.0 Å². The van der Waals surface area contributed by atoms with Gasteiger partial charge in [0.05, 0.1) is 9.47 Å². The molecule has 2 rings (SSSR count). The van der Waals surface area contributed by atoms with Crippen LogP contribution in [0.4, 0.5) is 5.69 Å². The fraction of sp³-hybridized carbons (Fsp3) is 0.167. The quantitative estimate of drug-likeness (QED) is 0.915. The highest BCUT2D eigenvalue weighted by molar-refractivity contribution is 9.11. The maximum atomic E-state index is 12.2. The molecule has 1 heterocycles. The third-order valence-electron chi connectivity index (χ3n) is 2.53. The molecule has 0 aliphatic carbocycles. The molecule has 0 unspecified atom stereocenters. The van der Waals surface area contributed by atoms with Gasteiger partial charge in [0, 0.05) is 0 Å². The molecule has 0 amide bonds. The second kappa shape index (κ2) is 5.03. The first kappa shape index (κ1) is 13.6. The van der Waals surface area contributed by atoms with Gasteiger partial charge in [0.25, 0.3) is 10.0 Å². The van der Waals surface area contributed by atoms with E-state index in [4.69, 9.17) is 0 Å². The number of anilines is 1. The second-order valence-corrected chi connectivity index (χ2v) is 8.30. The molecule has 0 spiro atoms. The van der Waals surface area contributed by atoms with Crippen LogP contribution in [0.3, 0.4) is 0 Å². The Morgan fingerprint density at radius 1 is 1.11 bits per heavy atom. The van der Waals surface area contributed by atoms with E-state index in [-0.39, 0.29) is 0 Å². The molecule has 0 saturated heterocycles. The molecular weight excluding hydrogens is 334 g/mol. The van der Waals surface area contributed by atoms with Crippen LogP contribution in [0, 0.1) is 13.8 Å². The van der Waals surface area contributed by atoms with E-state index in [1.54, 1.807) is 12.1 Å². The van der Waals surface area contributed by atoms with Crippen LogP contribution in [0.25, 0.3) is 0 Å². The van der Waals surface area contributed by atoms with E-state index in [0.29, 0.717) is 9.90 Å². The topological polar surface area (TPSA) is 46.2 Å². The largest absolute Gasteiger partial charge is 0.278 e. The first-order valence-corrected chi connectivity index (χ1v) is 8.34. The summed E-state index contributed by atoms with van der Waals surface area (Å²) in [5.74, 6) is 0. The third-order valence-corrected chi connectivity index (χ3v) is 6.00. The Morgan fingerprint density at radius 2 is 1.72 bits per heavy atom. The number of benzene rings is 1. The molecule has 1 aromatic carbocycles. The summed E-state index contributed by atoms with van der Waals surface area (Å²) in [5.41, 5.74) is 2.48. The Kier molecular flexibility index (Phi) is 3.79. The molecule has 0 saturated carbocycles. The number of thiophene rings is 1. The lowest BCUT2D eigenvalue weighted by Gasteiger charge is -2.11. The van der Waals surface area contributed by atoms with E-state index in [0.717, 1.165) is 14.9 Å². The Bertz CT molecular complexity index is 657. The van der Waals surface area contributed by atoms with Crippen molar-refractivity contribution in [2.45, 2.75) is 18.1 Å². The number of para-hydroxylation sites is 1. The molecule has 6 heteroatoms. The predicted molar refractivity (Wildman–Crippen MR) is 78.7 cm³/mol. The van der Waals surface area contributed by atoms with Gasteiger partial charge >= 0.3 is 0 Å². The van der Waals surface area contributed by atoms with Crippen LogP contribution >= 0.6 is 27.3 Å². The highest BCUT2D eigenvalue weighted by Crippen LogP contribution is 2.29. The molecule has 1 aromatic heterocycles. The number of nitrogens with one attached hydrogen (secondary N) is 1. The van der Waals surface area contributed by atoms with Crippen molar-refractivity contribution in [3.8, 4) is 0 Å². The molecule has 18 heavy (non-hydrogen) atoms. The average Bonchev–Trinajstić information content (AvgIpc) is 2.71. The summed E-state index contributed by atoms with van der Waals surface area (Å²) in [4.78, 5) is 0. The summed E-state index contributed by atoms with van der Waals surface area (Å²) < 4.78 is 28.1. The number of halogens is 1. The summed E-state index contributed by atoms with van der Waals surface area (Å²) in [6.45, 7) is 3.77. The second-order valence-electron chi connectivity index (χ2n) is 3.93. The molecule has 0 atom stereocenters. The normalized spacial score (nSPS) is 11.5. The number of hydrogen-bond acceptors (Lipinski definition) is 3. The fourth-order valence-electron chi connectivity index (χ4n) is 1.60. The van der Waals surface area contributed by atoms with Crippen molar-refractivity contribution < 1.29 is 8.42 Å². The van der Waals surface area contributed by atoms with Crippen molar-refractivity contribution in [1.29, 1.82) is 0 Å². The van der Waals surface area contributed by atoms with E-state index in [9.17, 15) is 8.42 Å². The Balaban J connectivity index is 2.40. The highest BCUT2D eigenvalue weighted by atomic mass is 79.9. The summed E-state index contributed by atoms with van der Waals surface area (Å²) in [6, 6.07) is 8.99. The van der Waals surface area contributed by atoms with Crippen LogP contribution in [-0.4, -0.2) is 8.42 Å². The van der Waals surface area contributed by atoms with Crippen molar-refractivity contribution in [2.24, 2.45) is 0 Å². The van der Waals surface area contributed by atoms with Crippen molar-refractivity contribution in [1.82, 2.24) is 0 Å². The van der Waals surface area contributed by atoms with E-state index in [1.165, 1.54) is 11.3 Å². The minimum absolute atomic E-state index is 0.303. The molecule has 0 aliphatic rings. The van der Waals surface area contributed by atoms with Gasteiger partial charge in [0.2, 0.25) is 0 Å². The van der Waals surface area contributed by atoms with Crippen LogP contribution in [0.2, 0.25) is 0 Å². The van der Waals surface area contributed by atoms with Gasteiger partial charge < -0.3 is 0 Å². The summed E-state index contributed by atoms with van der Waals surface area (Å²) >= 11 is 4.46. The summed E-state index contributed by atoms with van der Waals surface area (Å²) in [7, 11) is -3.50. The van der Waals surface area contributed by atoms with Crippen LogP contribution in [-0.2, 0) is 10.0 Å². The zero-order chi connectivity index (χ0) is 13.3.